The summed E-state index contributed by atoms with van der Waals surface area (Å²) in [4.78, 5) is 32.5. The van der Waals surface area contributed by atoms with E-state index < -0.39 is 0 Å². The lowest BCUT2D eigenvalue weighted by molar-refractivity contribution is -0.133. The average Bonchev–Trinajstić information content (AvgIpc) is 2.88. The van der Waals surface area contributed by atoms with Gasteiger partial charge in [-0.15, -0.1) is 0 Å². The highest BCUT2D eigenvalue weighted by atomic mass is 16.5. The second-order valence-electron chi connectivity index (χ2n) is 6.75. The maximum atomic E-state index is 12.6. The third kappa shape index (κ3) is 4.69. The third-order valence-electron chi connectivity index (χ3n) is 4.82. The first kappa shape index (κ1) is 17.7. The van der Waals surface area contributed by atoms with E-state index in [2.05, 4.69) is 4.98 Å². The van der Waals surface area contributed by atoms with E-state index in [0.717, 1.165) is 25.9 Å². The number of ether oxygens (including phenoxy) is 1. The molecule has 7 heteroatoms. The van der Waals surface area contributed by atoms with Crippen molar-refractivity contribution in [1.82, 2.24) is 14.8 Å². The van der Waals surface area contributed by atoms with Gasteiger partial charge in [-0.3, -0.25) is 14.6 Å². The minimum absolute atomic E-state index is 0.0211. The van der Waals surface area contributed by atoms with Gasteiger partial charge in [-0.25, -0.2) is 0 Å². The van der Waals surface area contributed by atoms with Crippen LogP contribution in [0.2, 0.25) is 0 Å². The Labute approximate surface area is 147 Å². The molecule has 3 heterocycles. The molecule has 1 atom stereocenters. The number of amides is 2. The van der Waals surface area contributed by atoms with Gasteiger partial charge in [0.05, 0.1) is 11.8 Å². The first-order valence-corrected chi connectivity index (χ1v) is 8.92. The van der Waals surface area contributed by atoms with Gasteiger partial charge in [-0.05, 0) is 31.2 Å². The second-order valence-corrected chi connectivity index (χ2v) is 6.75. The lowest BCUT2D eigenvalue weighted by Crippen LogP contribution is -2.38. The van der Waals surface area contributed by atoms with Crippen molar-refractivity contribution in [1.29, 1.82) is 0 Å². The lowest BCUT2D eigenvalue weighted by atomic mass is 9.98. The molecule has 7 nitrogen and oxygen atoms in total. The number of hydrogen-bond donors (Lipinski definition) is 1. The van der Waals surface area contributed by atoms with E-state index in [0.29, 0.717) is 50.7 Å². The molecule has 3 rings (SSSR count). The Hall–Kier alpha value is -2.15. The number of rotatable bonds is 3. The highest BCUT2D eigenvalue weighted by molar-refractivity contribution is 5.94. The Morgan fingerprint density at radius 1 is 1.16 bits per heavy atom. The van der Waals surface area contributed by atoms with Crippen LogP contribution < -0.4 is 0 Å². The summed E-state index contributed by atoms with van der Waals surface area (Å²) in [6, 6.07) is 1.42. The molecule has 136 valence electrons. The molecule has 25 heavy (non-hydrogen) atoms. The van der Waals surface area contributed by atoms with Crippen LogP contribution in [-0.4, -0.2) is 71.1 Å². The number of hydrogen-bond acceptors (Lipinski definition) is 5. The van der Waals surface area contributed by atoms with Gasteiger partial charge in [0.1, 0.15) is 5.75 Å². The highest BCUT2D eigenvalue weighted by Gasteiger charge is 2.25. The van der Waals surface area contributed by atoms with Crippen molar-refractivity contribution in [3.63, 3.8) is 0 Å². The van der Waals surface area contributed by atoms with E-state index in [4.69, 9.17) is 4.74 Å². The molecule has 0 radical (unpaired) electrons. The molecular weight excluding hydrogens is 322 g/mol. The summed E-state index contributed by atoms with van der Waals surface area (Å²) in [6.45, 7) is 3.80. The predicted molar refractivity (Wildman–Crippen MR) is 91.2 cm³/mol. The van der Waals surface area contributed by atoms with Gasteiger partial charge >= 0.3 is 0 Å². The standard InChI is InChI=1S/C18H25N3O4/c22-16-10-15(11-19-12-16)18(24)21-5-2-4-20(6-7-21)17(23)9-14-3-1-8-25-13-14/h10-12,14,22H,1-9,13H2. The van der Waals surface area contributed by atoms with Crippen LogP contribution in [-0.2, 0) is 9.53 Å². The molecule has 2 aliphatic heterocycles. The predicted octanol–water partition coefficient (Wildman–Crippen LogP) is 1.28. The normalized spacial score (nSPS) is 21.7. The number of aromatic nitrogens is 1. The molecule has 0 spiro atoms. The maximum absolute atomic E-state index is 12.6. The molecule has 2 fully saturated rings. The summed E-state index contributed by atoms with van der Waals surface area (Å²) in [7, 11) is 0. The van der Waals surface area contributed by atoms with Crippen LogP contribution in [0, 0.1) is 5.92 Å². The summed E-state index contributed by atoms with van der Waals surface area (Å²) < 4.78 is 5.45. The Balaban J connectivity index is 1.54. The summed E-state index contributed by atoms with van der Waals surface area (Å²) in [5.41, 5.74) is 0.374. The Kier molecular flexibility index (Phi) is 5.86. The van der Waals surface area contributed by atoms with E-state index >= 15 is 0 Å². The fourth-order valence-corrected chi connectivity index (χ4v) is 3.44. The smallest absolute Gasteiger partial charge is 0.255 e. The zero-order chi connectivity index (χ0) is 17.6. The number of pyridine rings is 1. The van der Waals surface area contributed by atoms with Crippen molar-refractivity contribution in [2.24, 2.45) is 5.92 Å². The first-order chi connectivity index (χ1) is 12.1. The molecule has 1 aromatic rings. The molecule has 2 aliphatic rings. The van der Waals surface area contributed by atoms with Gasteiger partial charge in [0, 0.05) is 52.0 Å². The SMILES string of the molecule is O=C(CC1CCCOC1)N1CCCN(C(=O)c2cncc(O)c2)CC1. The summed E-state index contributed by atoms with van der Waals surface area (Å²) >= 11 is 0. The summed E-state index contributed by atoms with van der Waals surface area (Å²) in [6.07, 6.45) is 6.12. The molecule has 1 unspecified atom stereocenters. The zero-order valence-electron chi connectivity index (χ0n) is 14.4. The monoisotopic (exact) mass is 347 g/mol. The molecule has 0 aromatic carbocycles. The lowest BCUT2D eigenvalue weighted by Gasteiger charge is -2.26. The van der Waals surface area contributed by atoms with Gasteiger partial charge in [0.25, 0.3) is 5.91 Å². The molecule has 0 saturated carbocycles. The van der Waals surface area contributed by atoms with Crippen molar-refractivity contribution >= 4 is 11.8 Å². The first-order valence-electron chi connectivity index (χ1n) is 8.92. The van der Waals surface area contributed by atoms with Crippen molar-refractivity contribution in [2.75, 3.05) is 39.4 Å². The van der Waals surface area contributed by atoms with Gasteiger partial charge in [-0.1, -0.05) is 0 Å². The van der Waals surface area contributed by atoms with Crippen LogP contribution in [0.3, 0.4) is 0 Å². The van der Waals surface area contributed by atoms with Crippen molar-refractivity contribution in [3.05, 3.63) is 24.0 Å². The Morgan fingerprint density at radius 2 is 1.96 bits per heavy atom. The van der Waals surface area contributed by atoms with Crippen LogP contribution in [0.4, 0.5) is 0 Å². The quantitative estimate of drug-likeness (QED) is 0.890. The topological polar surface area (TPSA) is 83.0 Å². The largest absolute Gasteiger partial charge is 0.506 e. The van der Waals surface area contributed by atoms with Gasteiger partial charge in [-0.2, -0.15) is 0 Å². The summed E-state index contributed by atoms with van der Waals surface area (Å²) in [5.74, 6) is 0.301. The van der Waals surface area contributed by atoms with E-state index in [1.165, 1.54) is 18.5 Å². The van der Waals surface area contributed by atoms with E-state index in [1.807, 2.05) is 4.90 Å². The third-order valence-corrected chi connectivity index (χ3v) is 4.82. The fraction of sp³-hybridized carbons (Fsp3) is 0.611. The van der Waals surface area contributed by atoms with Crippen LogP contribution in [0.5, 0.6) is 5.75 Å². The maximum Gasteiger partial charge on any atom is 0.255 e. The molecule has 1 aromatic heterocycles. The molecule has 1 N–H and O–H groups in total. The van der Waals surface area contributed by atoms with E-state index in [9.17, 15) is 14.7 Å². The fourth-order valence-electron chi connectivity index (χ4n) is 3.44. The van der Waals surface area contributed by atoms with Gasteiger partial charge < -0.3 is 19.6 Å². The molecule has 0 bridgehead atoms. The Bertz CT molecular complexity index is 616. The van der Waals surface area contributed by atoms with Crippen LogP contribution in [0.15, 0.2) is 18.5 Å². The van der Waals surface area contributed by atoms with Gasteiger partial charge in [0.2, 0.25) is 5.91 Å². The number of nitrogens with zero attached hydrogens (tertiary/aromatic N) is 3. The van der Waals surface area contributed by atoms with E-state index in [-0.39, 0.29) is 17.6 Å². The minimum Gasteiger partial charge on any atom is -0.506 e. The van der Waals surface area contributed by atoms with Crippen molar-refractivity contribution in [2.45, 2.75) is 25.7 Å². The molecule has 0 aliphatic carbocycles. The summed E-state index contributed by atoms with van der Waals surface area (Å²) in [5, 5.41) is 9.49. The van der Waals surface area contributed by atoms with Crippen LogP contribution in [0.25, 0.3) is 0 Å². The minimum atomic E-state index is -0.154. The van der Waals surface area contributed by atoms with Crippen LogP contribution in [0.1, 0.15) is 36.0 Å². The second kappa shape index (κ2) is 8.29. The number of aromatic hydroxyl groups is 1. The van der Waals surface area contributed by atoms with Crippen LogP contribution >= 0.6 is 0 Å². The number of carbonyl (C=O) groups is 2. The molecule has 2 amide bonds. The highest BCUT2D eigenvalue weighted by Crippen LogP contribution is 2.19. The average molecular weight is 347 g/mol. The Morgan fingerprint density at radius 3 is 2.72 bits per heavy atom. The van der Waals surface area contributed by atoms with Gasteiger partial charge in [0.15, 0.2) is 0 Å². The van der Waals surface area contributed by atoms with E-state index in [1.54, 1.807) is 4.90 Å². The molecule has 2 saturated heterocycles. The van der Waals surface area contributed by atoms with Crippen molar-refractivity contribution < 1.29 is 19.4 Å². The molecular formula is C18H25N3O4. The zero-order valence-corrected chi connectivity index (χ0v) is 14.4. The number of carbonyl (C=O) groups excluding carboxylic acids is 2. The van der Waals surface area contributed by atoms with Crippen molar-refractivity contribution in [3.8, 4) is 5.75 Å².